The van der Waals surface area contributed by atoms with Gasteiger partial charge in [-0.2, -0.15) is 11.8 Å². The molecule has 1 saturated heterocycles. The van der Waals surface area contributed by atoms with Crippen LogP contribution in [0.3, 0.4) is 0 Å². The van der Waals surface area contributed by atoms with E-state index in [4.69, 9.17) is 28.9 Å². The number of nitrogens with zero attached hydrogens (tertiary/aromatic N) is 1. The van der Waals surface area contributed by atoms with Gasteiger partial charge in [-0.05, 0) is 24.3 Å². The Labute approximate surface area is 121 Å². The molecule has 6 heteroatoms. The van der Waals surface area contributed by atoms with Crippen molar-refractivity contribution in [3.8, 4) is 0 Å². The van der Waals surface area contributed by atoms with Crippen LogP contribution < -0.4 is 5.73 Å². The van der Waals surface area contributed by atoms with E-state index in [2.05, 4.69) is 0 Å². The molecule has 1 heterocycles. The molecule has 0 aromatic heterocycles. The summed E-state index contributed by atoms with van der Waals surface area (Å²) in [6.07, 6.45) is 1.03. The summed E-state index contributed by atoms with van der Waals surface area (Å²) in [7, 11) is 1.82. The third-order valence-corrected chi connectivity index (χ3v) is 5.04. The molecule has 0 saturated carbocycles. The van der Waals surface area contributed by atoms with Gasteiger partial charge in [-0.25, -0.2) is 0 Å². The Morgan fingerprint density at radius 2 is 2.22 bits per heavy atom. The van der Waals surface area contributed by atoms with Crippen molar-refractivity contribution in [2.75, 3.05) is 24.3 Å². The quantitative estimate of drug-likeness (QED) is 0.854. The molecule has 1 amide bonds. The average Bonchev–Trinajstić information content (AvgIpc) is 2.87. The molecule has 0 aliphatic carbocycles. The summed E-state index contributed by atoms with van der Waals surface area (Å²) in [6.45, 7) is 0. The molecule has 0 radical (unpaired) electrons. The van der Waals surface area contributed by atoms with Gasteiger partial charge in [0.25, 0.3) is 5.91 Å². The zero-order chi connectivity index (χ0) is 13.3. The van der Waals surface area contributed by atoms with Gasteiger partial charge in [0.1, 0.15) is 0 Å². The minimum atomic E-state index is -0.0623. The largest absolute Gasteiger partial charge is 0.397 e. The molecule has 2 rings (SSSR count). The van der Waals surface area contributed by atoms with Crippen LogP contribution in [0, 0.1) is 0 Å². The molecule has 1 aromatic carbocycles. The number of thioether (sulfide) groups is 1. The van der Waals surface area contributed by atoms with E-state index in [1.165, 1.54) is 0 Å². The van der Waals surface area contributed by atoms with E-state index < -0.39 is 0 Å². The summed E-state index contributed by atoms with van der Waals surface area (Å²) < 4.78 is 0. The molecule has 1 aliphatic heterocycles. The lowest BCUT2D eigenvalue weighted by Crippen LogP contribution is -2.37. The van der Waals surface area contributed by atoms with E-state index in [0.717, 1.165) is 17.9 Å². The number of hydrogen-bond donors (Lipinski definition) is 1. The number of rotatable bonds is 2. The maximum Gasteiger partial charge on any atom is 0.254 e. The van der Waals surface area contributed by atoms with Crippen molar-refractivity contribution in [2.24, 2.45) is 0 Å². The predicted molar refractivity (Wildman–Crippen MR) is 78.7 cm³/mol. The molecule has 0 bridgehead atoms. The zero-order valence-electron chi connectivity index (χ0n) is 9.95. The SMILES string of the molecule is CN(C(=O)c1cc(N)c(Cl)c(Cl)c1)C1CCSC1. The third kappa shape index (κ3) is 2.71. The maximum absolute atomic E-state index is 12.3. The Morgan fingerprint density at radius 1 is 1.50 bits per heavy atom. The van der Waals surface area contributed by atoms with Gasteiger partial charge < -0.3 is 10.6 Å². The van der Waals surface area contributed by atoms with E-state index in [1.807, 2.05) is 18.8 Å². The Kier molecular flexibility index (Phi) is 4.30. The van der Waals surface area contributed by atoms with Crippen molar-refractivity contribution >= 4 is 46.6 Å². The molecular formula is C12H14Cl2N2OS. The predicted octanol–water partition coefficient (Wildman–Crippen LogP) is 3.15. The van der Waals surface area contributed by atoms with Gasteiger partial charge >= 0.3 is 0 Å². The first-order valence-electron chi connectivity index (χ1n) is 5.60. The van der Waals surface area contributed by atoms with Crippen LogP contribution in [0.15, 0.2) is 12.1 Å². The fraction of sp³-hybridized carbons (Fsp3) is 0.417. The number of benzene rings is 1. The number of nitrogen functional groups attached to an aromatic ring is 1. The van der Waals surface area contributed by atoms with Crippen LogP contribution in [0.4, 0.5) is 5.69 Å². The molecule has 2 N–H and O–H groups in total. The second kappa shape index (κ2) is 5.59. The van der Waals surface area contributed by atoms with Gasteiger partial charge in [-0.1, -0.05) is 23.2 Å². The first kappa shape index (κ1) is 13.8. The van der Waals surface area contributed by atoms with Crippen LogP contribution in [-0.2, 0) is 0 Å². The molecule has 1 fully saturated rings. The number of anilines is 1. The molecule has 3 nitrogen and oxygen atoms in total. The van der Waals surface area contributed by atoms with Gasteiger partial charge in [-0.15, -0.1) is 0 Å². The molecular weight excluding hydrogens is 291 g/mol. The minimum absolute atomic E-state index is 0.0623. The first-order valence-corrected chi connectivity index (χ1v) is 7.51. The number of amides is 1. The number of halogens is 2. The summed E-state index contributed by atoms with van der Waals surface area (Å²) in [4.78, 5) is 14.1. The van der Waals surface area contributed by atoms with Gasteiger partial charge in [0.2, 0.25) is 0 Å². The lowest BCUT2D eigenvalue weighted by atomic mass is 10.1. The summed E-state index contributed by atoms with van der Waals surface area (Å²) in [5.41, 5.74) is 6.54. The van der Waals surface area contributed by atoms with Gasteiger partial charge in [0, 0.05) is 24.4 Å². The molecule has 98 valence electrons. The van der Waals surface area contributed by atoms with E-state index in [9.17, 15) is 4.79 Å². The highest BCUT2D eigenvalue weighted by Crippen LogP contribution is 2.30. The standard InChI is InChI=1S/C12H14Cl2N2OS/c1-16(8-2-3-18-6-8)12(17)7-4-9(13)11(14)10(15)5-7/h4-5,8H,2-3,6,15H2,1H3. The Balaban J connectivity index is 2.22. The molecule has 0 spiro atoms. The Bertz CT molecular complexity index is 452. The van der Waals surface area contributed by atoms with Crippen molar-refractivity contribution in [3.05, 3.63) is 27.7 Å². The summed E-state index contributed by atoms with van der Waals surface area (Å²) in [5, 5.41) is 0.613. The summed E-state index contributed by atoms with van der Waals surface area (Å²) in [6, 6.07) is 3.44. The van der Waals surface area contributed by atoms with Crippen LogP contribution in [0.1, 0.15) is 16.8 Å². The van der Waals surface area contributed by atoms with Crippen LogP contribution in [0.5, 0.6) is 0 Å². The van der Waals surface area contributed by atoms with Crippen molar-refractivity contribution < 1.29 is 4.79 Å². The monoisotopic (exact) mass is 304 g/mol. The lowest BCUT2D eigenvalue weighted by molar-refractivity contribution is 0.0748. The number of hydrogen-bond acceptors (Lipinski definition) is 3. The van der Waals surface area contributed by atoms with Crippen molar-refractivity contribution in [2.45, 2.75) is 12.5 Å². The van der Waals surface area contributed by atoms with Crippen molar-refractivity contribution in [1.29, 1.82) is 0 Å². The third-order valence-electron chi connectivity index (χ3n) is 3.08. The lowest BCUT2D eigenvalue weighted by Gasteiger charge is -2.24. The fourth-order valence-electron chi connectivity index (χ4n) is 1.93. The van der Waals surface area contributed by atoms with Gasteiger partial charge in [0.15, 0.2) is 0 Å². The molecule has 1 aliphatic rings. The van der Waals surface area contributed by atoms with Crippen molar-refractivity contribution in [1.82, 2.24) is 4.90 Å². The normalized spacial score (nSPS) is 18.9. The Hall–Kier alpha value is -0.580. The highest BCUT2D eigenvalue weighted by atomic mass is 35.5. The number of nitrogens with two attached hydrogens (primary N) is 1. The van der Waals surface area contributed by atoms with Gasteiger partial charge in [-0.3, -0.25) is 4.79 Å². The minimum Gasteiger partial charge on any atom is -0.397 e. The second-order valence-corrected chi connectivity index (χ2v) is 6.23. The Morgan fingerprint density at radius 3 is 2.78 bits per heavy atom. The van der Waals surface area contributed by atoms with Crippen LogP contribution in [0.2, 0.25) is 10.0 Å². The van der Waals surface area contributed by atoms with E-state index >= 15 is 0 Å². The van der Waals surface area contributed by atoms with Crippen LogP contribution >= 0.6 is 35.0 Å². The van der Waals surface area contributed by atoms with Crippen molar-refractivity contribution in [3.63, 3.8) is 0 Å². The maximum atomic E-state index is 12.3. The highest BCUT2D eigenvalue weighted by Gasteiger charge is 2.25. The molecule has 18 heavy (non-hydrogen) atoms. The smallest absolute Gasteiger partial charge is 0.254 e. The first-order chi connectivity index (χ1) is 8.50. The summed E-state index contributed by atoms with van der Waals surface area (Å²) in [5.74, 6) is 2.03. The topological polar surface area (TPSA) is 46.3 Å². The highest BCUT2D eigenvalue weighted by molar-refractivity contribution is 7.99. The van der Waals surface area contributed by atoms with Crippen LogP contribution in [-0.4, -0.2) is 35.4 Å². The molecule has 1 atom stereocenters. The number of carbonyl (C=O) groups is 1. The van der Waals surface area contributed by atoms with Crippen LogP contribution in [0.25, 0.3) is 0 Å². The number of carbonyl (C=O) groups excluding carboxylic acids is 1. The molecule has 1 unspecified atom stereocenters. The average molecular weight is 305 g/mol. The molecule has 1 aromatic rings. The second-order valence-electron chi connectivity index (χ2n) is 4.29. The zero-order valence-corrected chi connectivity index (χ0v) is 12.3. The summed E-state index contributed by atoms with van der Waals surface area (Å²) >= 11 is 13.7. The van der Waals surface area contributed by atoms with Gasteiger partial charge in [0.05, 0.1) is 15.7 Å². The van der Waals surface area contributed by atoms with E-state index in [0.29, 0.717) is 21.3 Å². The fourth-order valence-corrected chi connectivity index (χ4v) is 3.53. The van der Waals surface area contributed by atoms with E-state index in [-0.39, 0.29) is 11.9 Å². The van der Waals surface area contributed by atoms with E-state index in [1.54, 1.807) is 17.0 Å².